The van der Waals surface area contributed by atoms with Crippen LogP contribution in [0.25, 0.3) is 0 Å². The van der Waals surface area contributed by atoms with Crippen LogP contribution in [0.3, 0.4) is 0 Å². The molecule has 6 nitrogen and oxygen atoms in total. The van der Waals surface area contributed by atoms with Crippen molar-refractivity contribution in [2.24, 2.45) is 0 Å². The Morgan fingerprint density at radius 1 is 1.33 bits per heavy atom. The highest BCUT2D eigenvalue weighted by molar-refractivity contribution is 5.42. The second-order valence-electron chi connectivity index (χ2n) is 5.38. The minimum atomic E-state index is -0.389. The lowest BCUT2D eigenvalue weighted by molar-refractivity contribution is -0.385. The lowest BCUT2D eigenvalue weighted by Gasteiger charge is -2.14. The normalized spacial score (nSPS) is 15.3. The second kappa shape index (κ2) is 7.95. The first-order chi connectivity index (χ1) is 10.2. The number of nitrogens with one attached hydrogen (secondary N) is 1. The molecule has 1 aliphatic heterocycles. The van der Waals surface area contributed by atoms with Gasteiger partial charge in [0.05, 0.1) is 18.1 Å². The molecule has 2 rings (SSSR count). The summed E-state index contributed by atoms with van der Waals surface area (Å²) in [5.74, 6) is 0.526. The van der Waals surface area contributed by atoms with E-state index in [-0.39, 0.29) is 10.6 Å². The molecule has 21 heavy (non-hydrogen) atoms. The number of benzene rings is 1. The number of ether oxygens (including phenoxy) is 1. The van der Waals surface area contributed by atoms with Gasteiger partial charge in [0.2, 0.25) is 0 Å². The minimum Gasteiger partial charge on any atom is -0.496 e. The number of nitrogens with zero attached hydrogens (tertiary/aromatic N) is 2. The number of methoxy groups -OCH3 is 1. The molecule has 0 radical (unpaired) electrons. The van der Waals surface area contributed by atoms with Crippen molar-refractivity contribution in [3.8, 4) is 5.75 Å². The lowest BCUT2D eigenvalue weighted by atomic mass is 10.2. The van der Waals surface area contributed by atoms with E-state index in [1.807, 2.05) is 6.07 Å². The number of hydrogen-bond donors (Lipinski definition) is 1. The van der Waals surface area contributed by atoms with E-state index in [0.717, 1.165) is 25.1 Å². The lowest BCUT2D eigenvalue weighted by Crippen LogP contribution is -2.24. The Hall–Kier alpha value is -1.66. The van der Waals surface area contributed by atoms with Crippen molar-refractivity contribution in [3.05, 3.63) is 33.9 Å². The van der Waals surface area contributed by atoms with Crippen molar-refractivity contribution >= 4 is 5.69 Å². The summed E-state index contributed by atoms with van der Waals surface area (Å²) in [6.45, 7) is 5.12. The molecule has 1 aromatic carbocycles. The first kappa shape index (κ1) is 15.7. The predicted octanol–water partition coefficient (Wildman–Crippen LogP) is 2.18. The summed E-state index contributed by atoms with van der Waals surface area (Å²) >= 11 is 0. The third-order valence-electron chi connectivity index (χ3n) is 3.75. The number of nitro benzene ring substituents is 1. The SMILES string of the molecule is COc1cc(CNCCCN2CCCC2)cc([N+](=O)[O-])c1. The standard InChI is InChI=1S/C15H23N3O3/c1-21-15-10-13(9-14(11-15)18(19)20)12-16-5-4-8-17-6-2-3-7-17/h9-11,16H,2-8,12H2,1H3. The Kier molecular flexibility index (Phi) is 5.95. The fourth-order valence-corrected chi connectivity index (χ4v) is 2.64. The van der Waals surface area contributed by atoms with Gasteiger partial charge in [-0.1, -0.05) is 0 Å². The highest BCUT2D eigenvalue weighted by Crippen LogP contribution is 2.22. The van der Waals surface area contributed by atoms with Gasteiger partial charge >= 0.3 is 0 Å². The maximum atomic E-state index is 10.9. The van der Waals surface area contributed by atoms with Crippen molar-refractivity contribution in [1.29, 1.82) is 0 Å². The number of non-ortho nitro benzene ring substituents is 1. The van der Waals surface area contributed by atoms with Gasteiger partial charge in [0.1, 0.15) is 5.75 Å². The monoisotopic (exact) mass is 293 g/mol. The summed E-state index contributed by atoms with van der Waals surface area (Å²) in [6, 6.07) is 4.87. The molecule has 1 saturated heterocycles. The smallest absolute Gasteiger partial charge is 0.273 e. The second-order valence-corrected chi connectivity index (χ2v) is 5.38. The highest BCUT2D eigenvalue weighted by atomic mass is 16.6. The number of likely N-dealkylation sites (tertiary alicyclic amines) is 1. The number of hydrogen-bond acceptors (Lipinski definition) is 5. The maximum Gasteiger partial charge on any atom is 0.273 e. The molecule has 0 spiro atoms. The van der Waals surface area contributed by atoms with Crippen LogP contribution in [0, 0.1) is 10.1 Å². The molecule has 0 atom stereocenters. The number of rotatable bonds is 8. The summed E-state index contributed by atoms with van der Waals surface area (Å²) in [4.78, 5) is 13.0. The Bertz CT molecular complexity index is 473. The van der Waals surface area contributed by atoms with Crippen LogP contribution < -0.4 is 10.1 Å². The van der Waals surface area contributed by atoms with E-state index in [9.17, 15) is 10.1 Å². The zero-order chi connectivity index (χ0) is 15.1. The molecule has 0 unspecified atom stereocenters. The third kappa shape index (κ3) is 4.99. The molecule has 0 saturated carbocycles. The maximum absolute atomic E-state index is 10.9. The van der Waals surface area contributed by atoms with Crippen LogP contribution in [0.2, 0.25) is 0 Å². The molecule has 1 heterocycles. The summed E-state index contributed by atoms with van der Waals surface area (Å²) in [6.07, 6.45) is 3.74. The van der Waals surface area contributed by atoms with Crippen LogP contribution in [-0.4, -0.2) is 43.1 Å². The van der Waals surface area contributed by atoms with E-state index in [4.69, 9.17) is 4.74 Å². The van der Waals surface area contributed by atoms with Crippen molar-refractivity contribution in [2.45, 2.75) is 25.8 Å². The highest BCUT2D eigenvalue weighted by Gasteiger charge is 2.11. The zero-order valence-electron chi connectivity index (χ0n) is 12.5. The van der Waals surface area contributed by atoms with Gasteiger partial charge in [-0.3, -0.25) is 10.1 Å². The zero-order valence-corrected chi connectivity index (χ0v) is 12.5. The van der Waals surface area contributed by atoms with Crippen LogP contribution >= 0.6 is 0 Å². The Balaban J connectivity index is 1.76. The molecular weight excluding hydrogens is 270 g/mol. The fraction of sp³-hybridized carbons (Fsp3) is 0.600. The van der Waals surface area contributed by atoms with E-state index in [1.165, 1.54) is 39.1 Å². The molecular formula is C15H23N3O3. The Morgan fingerprint density at radius 2 is 2.10 bits per heavy atom. The minimum absolute atomic E-state index is 0.0724. The van der Waals surface area contributed by atoms with Crippen LogP contribution in [0.4, 0.5) is 5.69 Å². The quantitative estimate of drug-likeness (QED) is 0.452. The van der Waals surface area contributed by atoms with Gasteiger partial charge in [0.25, 0.3) is 5.69 Å². The molecule has 0 bridgehead atoms. The van der Waals surface area contributed by atoms with Gasteiger partial charge < -0.3 is 15.0 Å². The first-order valence-corrected chi connectivity index (χ1v) is 7.44. The van der Waals surface area contributed by atoms with Crippen molar-refractivity contribution < 1.29 is 9.66 Å². The van der Waals surface area contributed by atoms with E-state index in [1.54, 1.807) is 6.07 Å². The third-order valence-corrected chi connectivity index (χ3v) is 3.75. The predicted molar refractivity (Wildman–Crippen MR) is 81.6 cm³/mol. The van der Waals surface area contributed by atoms with Crippen molar-refractivity contribution in [3.63, 3.8) is 0 Å². The van der Waals surface area contributed by atoms with Crippen LogP contribution in [0.15, 0.2) is 18.2 Å². The molecule has 0 aliphatic carbocycles. The molecule has 6 heteroatoms. The first-order valence-electron chi connectivity index (χ1n) is 7.44. The van der Waals surface area contributed by atoms with Gasteiger partial charge in [-0.25, -0.2) is 0 Å². The molecule has 0 aromatic heterocycles. The Labute approximate surface area is 125 Å². The topological polar surface area (TPSA) is 67.6 Å². The molecule has 116 valence electrons. The average Bonchev–Trinajstić information content (AvgIpc) is 2.99. The van der Waals surface area contributed by atoms with E-state index >= 15 is 0 Å². The Morgan fingerprint density at radius 3 is 2.76 bits per heavy atom. The molecule has 1 N–H and O–H groups in total. The number of nitro groups is 1. The van der Waals surface area contributed by atoms with Gasteiger partial charge in [-0.05, 0) is 57.1 Å². The summed E-state index contributed by atoms with van der Waals surface area (Å²) in [5, 5.41) is 14.2. The van der Waals surface area contributed by atoms with Crippen LogP contribution in [0.1, 0.15) is 24.8 Å². The summed E-state index contributed by atoms with van der Waals surface area (Å²) in [5.41, 5.74) is 0.949. The molecule has 1 aromatic rings. The van der Waals surface area contributed by atoms with E-state index < -0.39 is 0 Å². The van der Waals surface area contributed by atoms with Crippen LogP contribution in [-0.2, 0) is 6.54 Å². The molecule has 1 aliphatic rings. The largest absolute Gasteiger partial charge is 0.496 e. The fourth-order valence-electron chi connectivity index (χ4n) is 2.64. The molecule has 1 fully saturated rings. The summed E-state index contributed by atoms with van der Waals surface area (Å²) in [7, 11) is 1.52. The summed E-state index contributed by atoms with van der Waals surface area (Å²) < 4.78 is 5.10. The molecule has 0 amide bonds. The van der Waals surface area contributed by atoms with Crippen molar-refractivity contribution in [1.82, 2.24) is 10.2 Å². The van der Waals surface area contributed by atoms with Crippen molar-refractivity contribution in [2.75, 3.05) is 33.3 Å². The van der Waals surface area contributed by atoms with Gasteiger partial charge in [0, 0.05) is 12.6 Å². The van der Waals surface area contributed by atoms with Crippen LogP contribution in [0.5, 0.6) is 5.75 Å². The average molecular weight is 293 g/mol. The van der Waals surface area contributed by atoms with Gasteiger partial charge in [-0.2, -0.15) is 0 Å². The van der Waals surface area contributed by atoms with Gasteiger partial charge in [0.15, 0.2) is 0 Å². The van der Waals surface area contributed by atoms with E-state index in [0.29, 0.717) is 12.3 Å². The van der Waals surface area contributed by atoms with Gasteiger partial charge in [-0.15, -0.1) is 0 Å². The van der Waals surface area contributed by atoms with E-state index in [2.05, 4.69) is 10.2 Å².